The van der Waals surface area contributed by atoms with E-state index in [1.165, 1.54) is 31.4 Å². The summed E-state index contributed by atoms with van der Waals surface area (Å²) in [5, 5.41) is 11.3. The SMILES string of the molecule is COc1c(Cl)cc(Cl)cc1/C(O)=C1\C(=O)C(=O)N(c2ccc(F)c(F)c2)C1c1ccc(F)cc1. The molecule has 1 atom stereocenters. The summed E-state index contributed by atoms with van der Waals surface area (Å²) in [6.07, 6.45) is 0. The number of anilines is 1. The molecule has 0 spiro atoms. The quantitative estimate of drug-likeness (QED) is 0.265. The predicted octanol–water partition coefficient (Wildman–Crippen LogP) is 6.05. The van der Waals surface area contributed by atoms with Crippen molar-refractivity contribution in [3.63, 3.8) is 0 Å². The summed E-state index contributed by atoms with van der Waals surface area (Å²) in [4.78, 5) is 27.1. The number of hydrogen-bond donors (Lipinski definition) is 1. The highest BCUT2D eigenvalue weighted by Crippen LogP contribution is 2.45. The Morgan fingerprint density at radius 3 is 2.26 bits per heavy atom. The van der Waals surface area contributed by atoms with E-state index in [0.29, 0.717) is 0 Å². The van der Waals surface area contributed by atoms with Crippen molar-refractivity contribution in [3.05, 3.63) is 98.8 Å². The van der Waals surface area contributed by atoms with Crippen LogP contribution in [-0.4, -0.2) is 23.9 Å². The van der Waals surface area contributed by atoms with Crippen LogP contribution in [-0.2, 0) is 9.59 Å². The van der Waals surface area contributed by atoms with Gasteiger partial charge in [0.1, 0.15) is 17.3 Å². The standard InChI is InChI=1S/C24H14Cl2F3NO4/c1-34-23-15(8-12(25)9-16(23)26)21(31)19-20(11-2-4-13(27)5-3-11)30(24(33)22(19)32)14-6-7-17(28)18(29)10-14/h2-10,20,31H,1H3/b21-19+. The van der Waals surface area contributed by atoms with Crippen LogP contribution >= 0.6 is 23.2 Å². The number of hydrogen-bond acceptors (Lipinski definition) is 4. The Bertz CT molecular complexity index is 1360. The van der Waals surface area contributed by atoms with Gasteiger partial charge in [0.05, 0.1) is 29.3 Å². The van der Waals surface area contributed by atoms with Gasteiger partial charge in [-0.2, -0.15) is 0 Å². The smallest absolute Gasteiger partial charge is 0.300 e. The Morgan fingerprint density at radius 2 is 1.65 bits per heavy atom. The first-order chi connectivity index (χ1) is 16.1. The molecule has 0 radical (unpaired) electrons. The summed E-state index contributed by atoms with van der Waals surface area (Å²) in [6, 6.07) is 8.77. The Labute approximate surface area is 201 Å². The van der Waals surface area contributed by atoms with Gasteiger partial charge >= 0.3 is 0 Å². The largest absolute Gasteiger partial charge is 0.507 e. The minimum atomic E-state index is -1.31. The predicted molar refractivity (Wildman–Crippen MR) is 121 cm³/mol. The number of aliphatic hydroxyl groups is 1. The molecule has 1 heterocycles. The van der Waals surface area contributed by atoms with Crippen LogP contribution in [0.2, 0.25) is 10.0 Å². The summed E-state index contributed by atoms with van der Waals surface area (Å²) in [5.41, 5.74) is -0.405. The molecule has 0 aromatic heterocycles. The number of carbonyl (C=O) groups is 2. The minimum absolute atomic E-state index is 0.0135. The van der Waals surface area contributed by atoms with Crippen molar-refractivity contribution in [3.8, 4) is 5.75 Å². The number of amides is 1. The van der Waals surface area contributed by atoms with Crippen LogP contribution in [0.25, 0.3) is 5.76 Å². The van der Waals surface area contributed by atoms with E-state index in [1.54, 1.807) is 0 Å². The molecule has 0 bridgehead atoms. The third-order valence-electron chi connectivity index (χ3n) is 5.28. The molecule has 1 unspecified atom stereocenters. The maximum Gasteiger partial charge on any atom is 0.300 e. The zero-order valence-electron chi connectivity index (χ0n) is 17.3. The van der Waals surface area contributed by atoms with E-state index < -0.39 is 46.5 Å². The van der Waals surface area contributed by atoms with E-state index >= 15 is 0 Å². The Hall–Kier alpha value is -3.49. The zero-order chi connectivity index (χ0) is 24.7. The highest BCUT2D eigenvalue weighted by atomic mass is 35.5. The Morgan fingerprint density at radius 1 is 0.971 bits per heavy atom. The fourth-order valence-electron chi connectivity index (χ4n) is 3.78. The van der Waals surface area contributed by atoms with Gasteiger partial charge in [-0.25, -0.2) is 13.2 Å². The number of Topliss-reactive ketones (excluding diaryl/α,β-unsaturated/α-hetero) is 1. The summed E-state index contributed by atoms with van der Waals surface area (Å²) in [6.45, 7) is 0. The van der Waals surface area contributed by atoms with Crippen LogP contribution < -0.4 is 9.64 Å². The van der Waals surface area contributed by atoms with Crippen molar-refractivity contribution < 1.29 is 32.6 Å². The number of carbonyl (C=O) groups excluding carboxylic acids is 2. The second-order valence-corrected chi connectivity index (χ2v) is 8.13. The number of benzene rings is 3. The second-order valence-electron chi connectivity index (χ2n) is 7.29. The van der Waals surface area contributed by atoms with Crippen LogP contribution in [0.1, 0.15) is 17.2 Å². The second kappa shape index (κ2) is 9.04. The van der Waals surface area contributed by atoms with E-state index in [0.717, 1.165) is 35.2 Å². The summed E-state index contributed by atoms with van der Waals surface area (Å²) >= 11 is 12.2. The first kappa shape index (κ1) is 23.7. The van der Waals surface area contributed by atoms with Crippen LogP contribution in [0.15, 0.2) is 60.2 Å². The molecule has 1 aliphatic rings. The fraction of sp³-hybridized carbons (Fsp3) is 0.0833. The number of rotatable bonds is 4. The van der Waals surface area contributed by atoms with Crippen molar-refractivity contribution >= 4 is 46.3 Å². The van der Waals surface area contributed by atoms with Crippen LogP contribution in [0.5, 0.6) is 5.75 Å². The number of aliphatic hydroxyl groups excluding tert-OH is 1. The molecule has 34 heavy (non-hydrogen) atoms. The maximum atomic E-state index is 14.0. The lowest BCUT2D eigenvalue weighted by atomic mass is 9.94. The van der Waals surface area contributed by atoms with Crippen LogP contribution in [0.3, 0.4) is 0 Å². The van der Waals surface area contributed by atoms with Crippen molar-refractivity contribution in [2.75, 3.05) is 12.0 Å². The van der Waals surface area contributed by atoms with Gasteiger partial charge in [0.2, 0.25) is 0 Å². The van der Waals surface area contributed by atoms with Crippen LogP contribution in [0.4, 0.5) is 18.9 Å². The molecule has 1 amide bonds. The molecular weight excluding hydrogens is 494 g/mol. The van der Waals surface area contributed by atoms with E-state index in [-0.39, 0.29) is 32.6 Å². The van der Waals surface area contributed by atoms with Gasteiger partial charge in [-0.05, 0) is 42.0 Å². The summed E-state index contributed by atoms with van der Waals surface area (Å²) in [7, 11) is 1.28. The molecule has 0 saturated carbocycles. The molecule has 10 heteroatoms. The fourth-order valence-corrected chi connectivity index (χ4v) is 4.35. The van der Waals surface area contributed by atoms with Gasteiger partial charge in [-0.15, -0.1) is 0 Å². The monoisotopic (exact) mass is 507 g/mol. The number of halogens is 5. The number of ketones is 1. The van der Waals surface area contributed by atoms with Gasteiger partial charge < -0.3 is 9.84 Å². The molecule has 0 aliphatic carbocycles. The lowest BCUT2D eigenvalue weighted by Gasteiger charge is -2.25. The number of nitrogens with zero attached hydrogens (tertiary/aromatic N) is 1. The summed E-state index contributed by atoms with van der Waals surface area (Å²) < 4.78 is 46.4. The highest BCUT2D eigenvalue weighted by molar-refractivity contribution is 6.51. The van der Waals surface area contributed by atoms with Crippen molar-refractivity contribution in [2.45, 2.75) is 6.04 Å². The molecule has 1 aliphatic heterocycles. The van der Waals surface area contributed by atoms with Crippen LogP contribution in [0, 0.1) is 17.5 Å². The molecule has 1 saturated heterocycles. The summed E-state index contributed by atoms with van der Waals surface area (Å²) in [5.74, 6) is -5.91. The maximum absolute atomic E-state index is 14.0. The van der Waals surface area contributed by atoms with Gasteiger partial charge in [0.25, 0.3) is 11.7 Å². The Balaban J connectivity index is 2.01. The van der Waals surface area contributed by atoms with Gasteiger partial charge in [0.15, 0.2) is 11.6 Å². The van der Waals surface area contributed by atoms with Gasteiger partial charge in [-0.3, -0.25) is 14.5 Å². The molecule has 1 fully saturated rings. The molecule has 174 valence electrons. The molecule has 3 aromatic carbocycles. The molecule has 5 nitrogen and oxygen atoms in total. The molecule has 4 rings (SSSR count). The number of ether oxygens (including phenoxy) is 1. The van der Waals surface area contributed by atoms with Gasteiger partial charge in [-0.1, -0.05) is 35.3 Å². The van der Waals surface area contributed by atoms with Crippen molar-refractivity contribution in [1.82, 2.24) is 0 Å². The average molecular weight is 508 g/mol. The average Bonchev–Trinajstić information content (AvgIpc) is 3.06. The van der Waals surface area contributed by atoms with Crippen molar-refractivity contribution in [1.29, 1.82) is 0 Å². The first-order valence-corrected chi connectivity index (χ1v) is 10.4. The van der Waals surface area contributed by atoms with Crippen molar-refractivity contribution in [2.24, 2.45) is 0 Å². The minimum Gasteiger partial charge on any atom is -0.507 e. The number of methoxy groups -OCH3 is 1. The lowest BCUT2D eigenvalue weighted by molar-refractivity contribution is -0.132. The zero-order valence-corrected chi connectivity index (χ0v) is 18.8. The normalized spacial score (nSPS) is 17.4. The molecular formula is C24H14Cl2F3NO4. The first-order valence-electron chi connectivity index (χ1n) is 9.69. The molecule has 1 N–H and O–H groups in total. The highest BCUT2D eigenvalue weighted by Gasteiger charge is 2.47. The Kier molecular flexibility index (Phi) is 6.29. The lowest BCUT2D eigenvalue weighted by Crippen LogP contribution is -2.29. The van der Waals surface area contributed by atoms with E-state index in [9.17, 15) is 27.9 Å². The van der Waals surface area contributed by atoms with E-state index in [2.05, 4.69) is 0 Å². The van der Waals surface area contributed by atoms with E-state index in [4.69, 9.17) is 27.9 Å². The third-order valence-corrected chi connectivity index (χ3v) is 5.78. The van der Waals surface area contributed by atoms with Gasteiger partial charge in [0, 0.05) is 16.8 Å². The third kappa shape index (κ3) is 3.99. The topological polar surface area (TPSA) is 66.8 Å². The molecule has 3 aromatic rings. The van der Waals surface area contributed by atoms with E-state index in [1.807, 2.05) is 0 Å².